The first-order valence-electron chi connectivity index (χ1n) is 7.28. The molecule has 1 saturated carbocycles. The van der Waals surface area contributed by atoms with Crippen molar-refractivity contribution in [1.82, 2.24) is 0 Å². The van der Waals surface area contributed by atoms with Crippen LogP contribution in [0.1, 0.15) is 39.5 Å². The SMILES string of the molecule is CC(=CC(C=C(C)C(=O)O)(CCC(=O)O)C1(C(=O)O)CC1)C(=O)O. The van der Waals surface area contributed by atoms with Gasteiger partial charge in [-0.3, -0.25) is 9.59 Å². The van der Waals surface area contributed by atoms with E-state index in [1.807, 2.05) is 0 Å². The summed E-state index contributed by atoms with van der Waals surface area (Å²) >= 11 is 0. The molecule has 1 rings (SSSR count). The minimum absolute atomic E-state index is 0.164. The van der Waals surface area contributed by atoms with Crippen molar-refractivity contribution in [3.8, 4) is 0 Å². The summed E-state index contributed by atoms with van der Waals surface area (Å²) in [5.41, 5.74) is -3.22. The zero-order chi connectivity index (χ0) is 18.7. The number of allylic oxidation sites excluding steroid dienone is 2. The monoisotopic (exact) mass is 340 g/mol. The van der Waals surface area contributed by atoms with Crippen molar-refractivity contribution in [2.24, 2.45) is 10.8 Å². The summed E-state index contributed by atoms with van der Waals surface area (Å²) in [7, 11) is 0. The molecule has 1 aliphatic carbocycles. The Bertz CT molecular complexity index is 606. The quantitative estimate of drug-likeness (QED) is 0.464. The maximum absolute atomic E-state index is 11.8. The minimum atomic E-state index is -1.50. The lowest BCUT2D eigenvalue weighted by Crippen LogP contribution is -2.37. The van der Waals surface area contributed by atoms with Gasteiger partial charge in [0.25, 0.3) is 0 Å². The zero-order valence-electron chi connectivity index (χ0n) is 13.4. The molecule has 0 heterocycles. The van der Waals surface area contributed by atoms with Crippen molar-refractivity contribution >= 4 is 23.9 Å². The van der Waals surface area contributed by atoms with Gasteiger partial charge in [-0.05, 0) is 33.1 Å². The van der Waals surface area contributed by atoms with E-state index in [0.29, 0.717) is 0 Å². The second-order valence-corrected chi connectivity index (χ2v) is 6.09. The molecule has 0 amide bonds. The Morgan fingerprint density at radius 1 is 0.917 bits per heavy atom. The molecule has 8 nitrogen and oxygen atoms in total. The third-order valence-electron chi connectivity index (χ3n) is 4.43. The van der Waals surface area contributed by atoms with Crippen molar-refractivity contribution < 1.29 is 39.6 Å². The van der Waals surface area contributed by atoms with Crippen LogP contribution in [0, 0.1) is 10.8 Å². The van der Waals surface area contributed by atoms with E-state index >= 15 is 0 Å². The average molecular weight is 340 g/mol. The lowest BCUT2D eigenvalue weighted by molar-refractivity contribution is -0.148. The van der Waals surface area contributed by atoms with Gasteiger partial charge in [0.2, 0.25) is 0 Å². The van der Waals surface area contributed by atoms with E-state index in [4.69, 9.17) is 15.3 Å². The molecule has 0 unspecified atom stereocenters. The second kappa shape index (κ2) is 6.86. The summed E-state index contributed by atoms with van der Waals surface area (Å²) in [4.78, 5) is 45.1. The van der Waals surface area contributed by atoms with Crippen molar-refractivity contribution in [1.29, 1.82) is 0 Å². The normalized spacial score (nSPS) is 19.2. The molecule has 0 atom stereocenters. The number of hydrogen-bond donors (Lipinski definition) is 4. The van der Waals surface area contributed by atoms with Crippen LogP contribution in [-0.4, -0.2) is 44.3 Å². The van der Waals surface area contributed by atoms with Crippen LogP contribution in [0.5, 0.6) is 0 Å². The van der Waals surface area contributed by atoms with Crippen LogP contribution in [0.25, 0.3) is 0 Å². The molecule has 24 heavy (non-hydrogen) atoms. The van der Waals surface area contributed by atoms with Crippen molar-refractivity contribution in [3.05, 3.63) is 23.3 Å². The molecule has 1 fully saturated rings. The first-order chi connectivity index (χ1) is 11.0. The molecule has 0 aromatic rings. The van der Waals surface area contributed by atoms with Gasteiger partial charge < -0.3 is 20.4 Å². The molecular formula is C16H20O8. The average Bonchev–Trinajstić information content (AvgIpc) is 3.26. The highest BCUT2D eigenvalue weighted by molar-refractivity contribution is 5.89. The van der Waals surface area contributed by atoms with E-state index < -0.39 is 41.1 Å². The molecule has 0 spiro atoms. The molecule has 0 aromatic heterocycles. The first kappa shape index (κ1) is 19.4. The van der Waals surface area contributed by atoms with Gasteiger partial charge in [-0.25, -0.2) is 9.59 Å². The van der Waals surface area contributed by atoms with Crippen molar-refractivity contribution in [3.63, 3.8) is 0 Å². The highest BCUT2D eigenvalue weighted by Crippen LogP contribution is 2.63. The van der Waals surface area contributed by atoms with Crippen molar-refractivity contribution in [2.45, 2.75) is 39.5 Å². The van der Waals surface area contributed by atoms with Crippen LogP contribution >= 0.6 is 0 Å². The molecule has 0 saturated heterocycles. The van der Waals surface area contributed by atoms with E-state index in [1.165, 1.54) is 26.0 Å². The first-order valence-corrected chi connectivity index (χ1v) is 7.28. The lowest BCUT2D eigenvalue weighted by atomic mass is 9.67. The fourth-order valence-electron chi connectivity index (χ4n) is 2.91. The predicted octanol–water partition coefficient (Wildman–Crippen LogP) is 1.76. The van der Waals surface area contributed by atoms with E-state index in [0.717, 1.165) is 0 Å². The van der Waals surface area contributed by atoms with Crippen molar-refractivity contribution in [2.75, 3.05) is 0 Å². The molecule has 0 bridgehead atoms. The molecule has 0 radical (unpaired) electrons. The van der Waals surface area contributed by atoms with Crippen LogP contribution in [-0.2, 0) is 19.2 Å². The Morgan fingerprint density at radius 2 is 1.33 bits per heavy atom. The number of aliphatic carboxylic acids is 4. The van der Waals surface area contributed by atoms with Crippen LogP contribution in [0.3, 0.4) is 0 Å². The van der Waals surface area contributed by atoms with Crippen LogP contribution in [0.2, 0.25) is 0 Å². The van der Waals surface area contributed by atoms with Gasteiger partial charge in [0.1, 0.15) is 0 Å². The summed E-state index contributed by atoms with van der Waals surface area (Å²) < 4.78 is 0. The van der Waals surface area contributed by atoms with E-state index in [2.05, 4.69) is 0 Å². The highest BCUT2D eigenvalue weighted by atomic mass is 16.4. The Labute approximate surface area is 138 Å². The Hall–Kier alpha value is -2.64. The van der Waals surface area contributed by atoms with Gasteiger partial charge in [0.15, 0.2) is 0 Å². The topological polar surface area (TPSA) is 149 Å². The molecule has 1 aliphatic rings. The fourth-order valence-corrected chi connectivity index (χ4v) is 2.91. The molecule has 0 aliphatic heterocycles. The number of hydrogen-bond acceptors (Lipinski definition) is 4. The van der Waals surface area contributed by atoms with Crippen LogP contribution in [0.4, 0.5) is 0 Å². The van der Waals surface area contributed by atoms with Gasteiger partial charge in [-0.15, -0.1) is 0 Å². The van der Waals surface area contributed by atoms with Gasteiger partial charge in [0, 0.05) is 23.0 Å². The summed E-state index contributed by atoms with van der Waals surface area (Å²) in [6, 6.07) is 0. The second-order valence-electron chi connectivity index (χ2n) is 6.09. The number of carboxylic acids is 4. The van der Waals surface area contributed by atoms with Gasteiger partial charge in [-0.1, -0.05) is 12.2 Å². The van der Waals surface area contributed by atoms with Crippen LogP contribution in [0.15, 0.2) is 23.3 Å². The number of carboxylic acid groups (broad SMARTS) is 4. The van der Waals surface area contributed by atoms with Gasteiger partial charge >= 0.3 is 23.9 Å². The third-order valence-corrected chi connectivity index (χ3v) is 4.43. The minimum Gasteiger partial charge on any atom is -0.481 e. The van der Waals surface area contributed by atoms with Gasteiger partial charge in [0.05, 0.1) is 5.41 Å². The van der Waals surface area contributed by atoms with E-state index in [1.54, 1.807) is 0 Å². The lowest BCUT2D eigenvalue weighted by Gasteiger charge is -2.35. The van der Waals surface area contributed by atoms with E-state index in [9.17, 15) is 24.3 Å². The molecule has 8 heteroatoms. The molecule has 132 valence electrons. The summed E-state index contributed by atoms with van der Waals surface area (Å²) in [5, 5.41) is 36.8. The van der Waals surface area contributed by atoms with Gasteiger partial charge in [-0.2, -0.15) is 0 Å². The maximum Gasteiger partial charge on any atom is 0.330 e. The Kier molecular flexibility index (Phi) is 5.54. The summed E-state index contributed by atoms with van der Waals surface area (Å²) in [6.07, 6.45) is 2.19. The predicted molar refractivity (Wildman–Crippen MR) is 81.4 cm³/mol. The molecule has 0 aromatic carbocycles. The molecule has 4 N–H and O–H groups in total. The Balaban J connectivity index is 3.60. The fraction of sp³-hybridized carbons (Fsp3) is 0.500. The number of rotatable bonds is 9. The largest absolute Gasteiger partial charge is 0.481 e. The summed E-state index contributed by atoms with van der Waals surface area (Å²) in [6.45, 7) is 2.53. The standard InChI is InChI=1S/C16H20O8/c1-9(12(19)20)7-15(4-3-11(17)18,8-10(2)13(21)22)16(5-6-16)14(23)24/h7-8H,3-6H2,1-2H3,(H,17,18)(H,19,20)(H,21,22)(H,23,24). The third kappa shape index (κ3) is 3.81. The summed E-state index contributed by atoms with van der Waals surface area (Å²) in [5.74, 6) is -4.94. The smallest absolute Gasteiger partial charge is 0.330 e. The van der Waals surface area contributed by atoms with Crippen LogP contribution < -0.4 is 0 Å². The maximum atomic E-state index is 11.8. The number of carbonyl (C=O) groups is 4. The molecular weight excluding hydrogens is 320 g/mol. The van der Waals surface area contributed by atoms with E-state index in [-0.39, 0.29) is 30.4 Å². The Morgan fingerprint density at radius 3 is 1.58 bits per heavy atom. The highest BCUT2D eigenvalue weighted by Gasteiger charge is 2.63. The zero-order valence-corrected chi connectivity index (χ0v) is 13.4.